The zero-order valence-corrected chi connectivity index (χ0v) is 12.7. The Labute approximate surface area is 130 Å². The van der Waals surface area contributed by atoms with Crippen LogP contribution in [0.4, 0.5) is 0 Å². The van der Waals surface area contributed by atoms with Gasteiger partial charge in [0.15, 0.2) is 0 Å². The molecule has 0 saturated carbocycles. The summed E-state index contributed by atoms with van der Waals surface area (Å²) >= 11 is 17.1. The van der Waals surface area contributed by atoms with Crippen LogP contribution in [0.2, 0.25) is 0 Å². The van der Waals surface area contributed by atoms with Gasteiger partial charge in [-0.1, -0.05) is 4.94 Å². The minimum absolute atomic E-state index is 0. The van der Waals surface area contributed by atoms with Gasteiger partial charge in [0.25, 0.3) is 0 Å². The van der Waals surface area contributed by atoms with Gasteiger partial charge in [0.05, 0.1) is 0 Å². The zero-order valence-electron chi connectivity index (χ0n) is 5.90. The topological polar surface area (TPSA) is 118 Å². The van der Waals surface area contributed by atoms with E-state index < -0.39 is 0 Å². The number of quaternary nitrogens is 1. The van der Waals surface area contributed by atoms with E-state index in [1.807, 2.05) is 4.94 Å². The Morgan fingerprint density at radius 3 is 0.769 bits per heavy atom. The molecule has 0 rings (SSSR count). The van der Waals surface area contributed by atoms with Crippen LogP contribution < -0.4 is 63.8 Å². The van der Waals surface area contributed by atoms with Gasteiger partial charge in [-0.25, -0.2) is 15.8 Å². The minimum atomic E-state index is 0. The number of nitrogens with one attached hydrogen (secondary N) is 1. The fraction of sp³-hybridized carbons (Fsp3) is 0. The van der Waals surface area contributed by atoms with Crippen molar-refractivity contribution in [1.29, 1.82) is 0 Å². The molecule has 0 spiro atoms. The van der Waals surface area contributed by atoms with Crippen molar-refractivity contribution in [1.82, 2.24) is 4.94 Å². The molecule has 13 heavy (non-hydrogen) atoms. The third-order valence-corrected chi connectivity index (χ3v) is 0. The molecule has 10 N–H and O–H groups in total. The van der Waals surface area contributed by atoms with Gasteiger partial charge in [-0.3, -0.25) is 5.84 Å². The van der Waals surface area contributed by atoms with Crippen LogP contribution in [-0.4, -0.2) is 0 Å². The molecule has 0 aliphatic carbocycles. The van der Waals surface area contributed by atoms with E-state index in [-0.39, 0.29) is 57.6 Å². The predicted molar refractivity (Wildman–Crippen MR) is 42.0 cm³/mol. The van der Waals surface area contributed by atoms with Gasteiger partial charge in [-0.15, -0.1) is 0 Å². The predicted octanol–water partition coefficient (Wildman–Crippen LogP) is -9.81. The van der Waals surface area contributed by atoms with Gasteiger partial charge in [-0.05, 0) is 35.3 Å². The molecule has 0 amide bonds. The average molecular weight is 435 g/mol. The first kappa shape index (κ1) is 58.0. The SMILES string of the molecule is NCl.NCl.NCl.[Cl-].[Cl-].[Cl-].[NH3+]NCl.[Pd+2]. The summed E-state index contributed by atoms with van der Waals surface area (Å²) in [6, 6.07) is 0. The minimum Gasteiger partial charge on any atom is -1.00 e. The maximum Gasteiger partial charge on any atom is 2.00 e. The Morgan fingerprint density at radius 2 is 0.769 bits per heavy atom. The fourth-order valence-electron chi connectivity index (χ4n) is 0. The van der Waals surface area contributed by atoms with E-state index in [2.05, 4.69) is 68.7 Å². The average Bonchev–Trinajstić information content (AvgIpc) is 2.01. The second-order valence-corrected chi connectivity index (χ2v) is 0.401. The van der Waals surface area contributed by atoms with Crippen LogP contribution >= 0.6 is 47.1 Å². The molecule has 94 valence electrons. The van der Waals surface area contributed by atoms with Crippen LogP contribution in [-0.2, 0) is 20.4 Å². The molecule has 0 aliphatic rings. The van der Waals surface area contributed by atoms with Crippen molar-refractivity contribution < 1.29 is 63.5 Å². The number of rotatable bonds is 0. The van der Waals surface area contributed by atoms with Gasteiger partial charge < -0.3 is 37.2 Å². The summed E-state index contributed by atoms with van der Waals surface area (Å²) in [6.45, 7) is 0. The van der Waals surface area contributed by atoms with Crippen molar-refractivity contribution in [3.63, 3.8) is 0 Å². The number of halogens is 7. The second-order valence-electron chi connectivity index (χ2n) is 0.134. The third kappa shape index (κ3) is 364. The number of nitrogens with two attached hydrogens (primary N) is 3. The molecule has 0 atom stereocenters. The molecule has 13 heteroatoms. The summed E-state index contributed by atoms with van der Waals surface area (Å²) in [5.41, 5.74) is 0. The summed E-state index contributed by atoms with van der Waals surface area (Å²) in [5.74, 6) is 3.00. The first-order chi connectivity index (χ1) is 4.41. The first-order valence-electron chi connectivity index (χ1n) is 1.20. The molecule has 0 fully saturated rings. The Kier molecular flexibility index (Phi) is 964. The van der Waals surface area contributed by atoms with Crippen LogP contribution in [0.25, 0.3) is 0 Å². The molecule has 5 nitrogen and oxygen atoms in total. The Balaban J connectivity index is -0.00000000394. The number of hydrogen-bond acceptors (Lipinski definition) is 4. The van der Waals surface area contributed by atoms with Crippen LogP contribution in [0.1, 0.15) is 0 Å². The van der Waals surface area contributed by atoms with Crippen molar-refractivity contribution in [3.8, 4) is 0 Å². The van der Waals surface area contributed by atoms with E-state index in [9.17, 15) is 0 Å². The summed E-state index contributed by atoms with van der Waals surface area (Å²) in [7, 11) is 0. The van der Waals surface area contributed by atoms with Crippen LogP contribution in [0, 0.1) is 0 Å². The quantitative estimate of drug-likeness (QED) is 0.148. The summed E-state index contributed by atoms with van der Waals surface area (Å²) in [6.07, 6.45) is 0. The normalized spacial score (nSPS) is 2.77. The van der Waals surface area contributed by atoms with Crippen LogP contribution in [0.5, 0.6) is 0 Å². The molecule has 0 aliphatic heterocycles. The molecule has 0 saturated heterocycles. The Hall–Kier alpha value is 2.49. The van der Waals surface area contributed by atoms with Gasteiger partial charge in [0, 0.05) is 11.8 Å². The second kappa shape index (κ2) is 216. The smallest absolute Gasteiger partial charge is 1.00 e. The Bertz CT molecular complexity index is 16.8. The van der Waals surface area contributed by atoms with Crippen molar-refractivity contribution in [2.24, 2.45) is 15.8 Å². The fourth-order valence-corrected chi connectivity index (χ4v) is 0. The molecule has 0 heterocycles. The van der Waals surface area contributed by atoms with E-state index in [1.165, 1.54) is 0 Å². The molecule has 0 bridgehead atoms. The molecular weight excluding hydrogens is 425 g/mol. The molecular formula is H10Cl7N5Pd. The van der Waals surface area contributed by atoms with E-state index >= 15 is 0 Å². The third-order valence-electron chi connectivity index (χ3n) is 0. The van der Waals surface area contributed by atoms with Gasteiger partial charge >= 0.3 is 20.4 Å². The van der Waals surface area contributed by atoms with Crippen LogP contribution in [0.15, 0.2) is 0 Å². The van der Waals surface area contributed by atoms with Crippen LogP contribution in [0.3, 0.4) is 0 Å². The van der Waals surface area contributed by atoms with Crippen molar-refractivity contribution in [3.05, 3.63) is 0 Å². The summed E-state index contributed by atoms with van der Waals surface area (Å²) < 4.78 is 0. The molecule has 0 aromatic rings. The molecule has 0 unspecified atom stereocenters. The molecule has 0 radical (unpaired) electrons. The Morgan fingerprint density at radius 1 is 0.769 bits per heavy atom. The van der Waals surface area contributed by atoms with E-state index in [0.29, 0.717) is 0 Å². The first-order valence-corrected chi connectivity index (χ1v) is 2.88. The van der Waals surface area contributed by atoms with E-state index in [1.54, 1.807) is 0 Å². The number of hydrogen-bond donors (Lipinski definition) is 5. The maximum absolute atomic E-state index is 4.64. The largest absolute Gasteiger partial charge is 2.00 e. The molecule has 0 aromatic heterocycles. The van der Waals surface area contributed by atoms with E-state index in [0.717, 1.165) is 0 Å². The van der Waals surface area contributed by atoms with Gasteiger partial charge in [-0.2, -0.15) is 0 Å². The van der Waals surface area contributed by atoms with E-state index in [4.69, 9.17) is 0 Å². The standard InChI is InChI=1S/ClH3N2.3ClH2N.3ClH.Pd/c1-3-2;3*1-2;;;;/h3H,2H2;3*2H2;3*1H;/q;;;;;;;+2/p-2. The van der Waals surface area contributed by atoms with Crippen molar-refractivity contribution in [2.45, 2.75) is 0 Å². The summed E-state index contributed by atoms with van der Waals surface area (Å²) in [5, 5.41) is 11.9. The summed E-state index contributed by atoms with van der Waals surface area (Å²) in [4.78, 5) is 1.97. The van der Waals surface area contributed by atoms with Gasteiger partial charge in [0.1, 0.15) is 0 Å². The maximum atomic E-state index is 4.64. The molecule has 0 aromatic carbocycles. The monoisotopic (exact) mass is 431 g/mol. The zero-order chi connectivity index (χ0) is 8.71. The van der Waals surface area contributed by atoms with Crippen molar-refractivity contribution >= 4 is 47.1 Å². The van der Waals surface area contributed by atoms with Gasteiger partial charge in [0.2, 0.25) is 0 Å². The van der Waals surface area contributed by atoms with Crippen molar-refractivity contribution in [2.75, 3.05) is 0 Å².